The predicted octanol–water partition coefficient (Wildman–Crippen LogP) is 2.47. The Balaban J connectivity index is 2.15. The van der Waals surface area contributed by atoms with Gasteiger partial charge in [0.15, 0.2) is 0 Å². The molecule has 0 N–H and O–H groups in total. The van der Waals surface area contributed by atoms with Gasteiger partial charge in [0.25, 0.3) is 5.91 Å². The van der Waals surface area contributed by atoms with Crippen molar-refractivity contribution in [2.75, 3.05) is 20.2 Å². The molecule has 6 heteroatoms. The Kier molecular flexibility index (Phi) is 4.52. The van der Waals surface area contributed by atoms with Crippen LogP contribution in [0.25, 0.3) is 0 Å². The Hall–Kier alpha value is -1.30. The summed E-state index contributed by atoms with van der Waals surface area (Å²) in [5.74, 6) is -0.466. The summed E-state index contributed by atoms with van der Waals surface area (Å²) in [6.45, 7) is 5.10. The van der Waals surface area contributed by atoms with Crippen molar-refractivity contribution < 1.29 is 14.3 Å². The molecule has 5 nitrogen and oxygen atoms in total. The highest BCUT2D eigenvalue weighted by molar-refractivity contribution is 9.10. The smallest absolute Gasteiger partial charge is 0.310 e. The fraction of sp³-hybridized carbons (Fsp3) is 0.571. The molecule has 1 amide bonds. The van der Waals surface area contributed by atoms with Gasteiger partial charge in [0.05, 0.1) is 13.0 Å². The van der Waals surface area contributed by atoms with E-state index in [1.165, 1.54) is 7.11 Å². The molecule has 20 heavy (non-hydrogen) atoms. The van der Waals surface area contributed by atoms with Crippen LogP contribution < -0.4 is 0 Å². The minimum Gasteiger partial charge on any atom is -0.469 e. The summed E-state index contributed by atoms with van der Waals surface area (Å²) in [7, 11) is 1.38. The zero-order chi connectivity index (χ0) is 14.9. The van der Waals surface area contributed by atoms with Crippen LogP contribution in [-0.4, -0.2) is 41.5 Å². The number of carbonyl (C=O) groups is 2. The van der Waals surface area contributed by atoms with E-state index in [1.807, 2.05) is 30.7 Å². The van der Waals surface area contributed by atoms with Crippen molar-refractivity contribution in [3.63, 3.8) is 0 Å². The Labute approximate surface area is 127 Å². The summed E-state index contributed by atoms with van der Waals surface area (Å²) in [4.78, 5) is 25.8. The monoisotopic (exact) mass is 342 g/mol. The third-order valence-corrected chi connectivity index (χ3v) is 4.03. The first kappa shape index (κ1) is 15.1. The molecular weight excluding hydrogens is 324 g/mol. The number of aromatic nitrogens is 1. The summed E-state index contributed by atoms with van der Waals surface area (Å²) in [6.07, 6.45) is 2.58. The molecular formula is C14H19BrN2O3. The molecule has 1 aliphatic heterocycles. The molecule has 2 heterocycles. The molecule has 2 rings (SSSR count). The second-order valence-electron chi connectivity index (χ2n) is 5.30. The standard InChI is InChI=1S/C14H19BrN2O3/c1-9(2)17-8-11(15)6-12(17)13(18)16-5-4-10(7-16)14(19)20-3/h6,8-10H,4-5,7H2,1-3H3. The minimum atomic E-state index is -0.235. The molecule has 0 radical (unpaired) electrons. The van der Waals surface area contributed by atoms with Crippen molar-refractivity contribution in [1.82, 2.24) is 9.47 Å². The number of rotatable bonds is 3. The molecule has 1 aliphatic rings. The van der Waals surface area contributed by atoms with Gasteiger partial charge in [-0.3, -0.25) is 9.59 Å². The molecule has 1 atom stereocenters. The van der Waals surface area contributed by atoms with E-state index in [0.29, 0.717) is 25.2 Å². The van der Waals surface area contributed by atoms with E-state index in [1.54, 1.807) is 4.90 Å². The van der Waals surface area contributed by atoms with Gasteiger partial charge < -0.3 is 14.2 Å². The van der Waals surface area contributed by atoms with Crippen LogP contribution in [0, 0.1) is 5.92 Å². The summed E-state index contributed by atoms with van der Waals surface area (Å²) >= 11 is 3.41. The maximum atomic E-state index is 12.6. The lowest BCUT2D eigenvalue weighted by Gasteiger charge is -2.19. The van der Waals surface area contributed by atoms with Gasteiger partial charge in [-0.15, -0.1) is 0 Å². The van der Waals surface area contributed by atoms with Crippen molar-refractivity contribution in [2.45, 2.75) is 26.3 Å². The number of amides is 1. The highest BCUT2D eigenvalue weighted by atomic mass is 79.9. The SMILES string of the molecule is COC(=O)C1CCN(C(=O)c2cc(Br)cn2C(C)C)C1. The highest BCUT2D eigenvalue weighted by Crippen LogP contribution is 2.24. The third-order valence-electron chi connectivity index (χ3n) is 3.60. The van der Waals surface area contributed by atoms with Crippen LogP contribution in [0.15, 0.2) is 16.7 Å². The first-order valence-corrected chi connectivity index (χ1v) is 7.47. The Morgan fingerprint density at radius 1 is 1.45 bits per heavy atom. The fourth-order valence-corrected chi connectivity index (χ4v) is 2.95. The zero-order valence-electron chi connectivity index (χ0n) is 11.9. The molecule has 110 valence electrons. The molecule has 1 fully saturated rings. The number of nitrogens with zero attached hydrogens (tertiary/aromatic N) is 2. The number of ether oxygens (including phenoxy) is 1. The Morgan fingerprint density at radius 3 is 2.75 bits per heavy atom. The van der Waals surface area contributed by atoms with Crippen LogP contribution in [0.5, 0.6) is 0 Å². The molecule has 0 spiro atoms. The summed E-state index contributed by atoms with van der Waals surface area (Å²) in [5.41, 5.74) is 0.650. The highest BCUT2D eigenvalue weighted by Gasteiger charge is 2.33. The zero-order valence-corrected chi connectivity index (χ0v) is 13.5. The number of likely N-dealkylation sites (tertiary alicyclic amines) is 1. The number of carbonyl (C=O) groups excluding carboxylic acids is 2. The molecule has 1 saturated heterocycles. The second kappa shape index (κ2) is 5.99. The number of halogens is 1. The van der Waals surface area contributed by atoms with Gasteiger partial charge in [0.2, 0.25) is 0 Å². The summed E-state index contributed by atoms with van der Waals surface area (Å²) < 4.78 is 7.57. The average molecular weight is 343 g/mol. The van der Waals surface area contributed by atoms with E-state index in [-0.39, 0.29) is 23.8 Å². The first-order chi connectivity index (χ1) is 9.43. The predicted molar refractivity (Wildman–Crippen MR) is 78.5 cm³/mol. The molecule has 0 aromatic carbocycles. The lowest BCUT2D eigenvalue weighted by atomic mass is 10.1. The van der Waals surface area contributed by atoms with E-state index >= 15 is 0 Å². The molecule has 1 aromatic rings. The summed E-state index contributed by atoms with van der Waals surface area (Å²) in [5, 5.41) is 0. The maximum absolute atomic E-state index is 12.6. The minimum absolute atomic E-state index is 0.0317. The number of hydrogen-bond donors (Lipinski definition) is 0. The van der Waals surface area contributed by atoms with Crippen LogP contribution in [-0.2, 0) is 9.53 Å². The number of hydrogen-bond acceptors (Lipinski definition) is 3. The van der Waals surface area contributed by atoms with E-state index in [0.717, 1.165) is 4.47 Å². The van der Waals surface area contributed by atoms with Crippen LogP contribution in [0.3, 0.4) is 0 Å². The van der Waals surface area contributed by atoms with E-state index < -0.39 is 0 Å². The number of esters is 1. The van der Waals surface area contributed by atoms with Crippen LogP contribution in [0.2, 0.25) is 0 Å². The molecule has 1 unspecified atom stereocenters. The lowest BCUT2D eigenvalue weighted by molar-refractivity contribution is -0.144. The largest absolute Gasteiger partial charge is 0.469 e. The fourth-order valence-electron chi connectivity index (χ4n) is 2.51. The molecule has 0 bridgehead atoms. The van der Waals surface area contributed by atoms with Crippen molar-refractivity contribution in [2.24, 2.45) is 5.92 Å². The Morgan fingerprint density at radius 2 is 2.15 bits per heavy atom. The number of methoxy groups -OCH3 is 1. The molecule has 1 aromatic heterocycles. The average Bonchev–Trinajstić information content (AvgIpc) is 3.03. The van der Waals surface area contributed by atoms with Crippen molar-refractivity contribution in [1.29, 1.82) is 0 Å². The normalized spacial score (nSPS) is 18.6. The lowest BCUT2D eigenvalue weighted by Crippen LogP contribution is -2.31. The van der Waals surface area contributed by atoms with Gasteiger partial charge in [-0.1, -0.05) is 0 Å². The van der Waals surface area contributed by atoms with Crippen LogP contribution in [0.4, 0.5) is 0 Å². The summed E-state index contributed by atoms with van der Waals surface area (Å²) in [6, 6.07) is 2.03. The first-order valence-electron chi connectivity index (χ1n) is 6.68. The van der Waals surface area contributed by atoms with Crippen molar-refractivity contribution >= 4 is 27.8 Å². The van der Waals surface area contributed by atoms with E-state index in [9.17, 15) is 9.59 Å². The van der Waals surface area contributed by atoms with Crippen molar-refractivity contribution in [3.05, 3.63) is 22.4 Å². The topological polar surface area (TPSA) is 51.5 Å². The van der Waals surface area contributed by atoms with Crippen molar-refractivity contribution in [3.8, 4) is 0 Å². The quantitative estimate of drug-likeness (QED) is 0.793. The Bertz CT molecular complexity index is 524. The molecule has 0 aliphatic carbocycles. The van der Waals surface area contributed by atoms with Gasteiger partial charge in [0.1, 0.15) is 5.69 Å². The van der Waals surface area contributed by atoms with Crippen LogP contribution in [0.1, 0.15) is 36.8 Å². The van der Waals surface area contributed by atoms with Gasteiger partial charge in [-0.05, 0) is 42.3 Å². The van der Waals surface area contributed by atoms with Crippen LogP contribution >= 0.6 is 15.9 Å². The van der Waals surface area contributed by atoms with Gasteiger partial charge in [-0.25, -0.2) is 0 Å². The molecule has 0 saturated carbocycles. The van der Waals surface area contributed by atoms with E-state index in [2.05, 4.69) is 15.9 Å². The van der Waals surface area contributed by atoms with Gasteiger partial charge in [-0.2, -0.15) is 0 Å². The second-order valence-corrected chi connectivity index (χ2v) is 6.22. The van der Waals surface area contributed by atoms with Gasteiger partial charge in [0, 0.05) is 29.8 Å². The maximum Gasteiger partial charge on any atom is 0.310 e. The van der Waals surface area contributed by atoms with E-state index in [4.69, 9.17) is 4.74 Å². The van der Waals surface area contributed by atoms with Gasteiger partial charge >= 0.3 is 5.97 Å². The third kappa shape index (κ3) is 2.90.